The van der Waals surface area contributed by atoms with Gasteiger partial charge in [0, 0.05) is 22.6 Å². The molecule has 2 amide bonds. The number of hydrogen-bond acceptors (Lipinski definition) is 1. The molecule has 1 aliphatic heterocycles. The van der Waals surface area contributed by atoms with E-state index < -0.39 is 0 Å². The van der Waals surface area contributed by atoms with Crippen LogP contribution < -0.4 is 5.32 Å². The summed E-state index contributed by atoms with van der Waals surface area (Å²) in [6, 6.07) is 26.2. The van der Waals surface area contributed by atoms with Gasteiger partial charge in [-0.15, -0.1) is 0 Å². The molecular formula is C29H26ClN3O. The number of hydrogen-bond donors (Lipinski definition) is 1. The third kappa shape index (κ3) is 3.68. The predicted molar refractivity (Wildman–Crippen MR) is 137 cm³/mol. The van der Waals surface area contributed by atoms with E-state index in [1.165, 1.54) is 17.5 Å². The molecule has 4 nitrogen and oxygen atoms in total. The first-order valence-electron chi connectivity index (χ1n) is 11.9. The highest BCUT2D eigenvalue weighted by atomic mass is 35.5. The molecule has 1 N–H and O–H groups in total. The number of urea groups is 1. The monoisotopic (exact) mass is 467 g/mol. The minimum absolute atomic E-state index is 0.103. The second-order valence-electron chi connectivity index (χ2n) is 9.10. The lowest BCUT2D eigenvalue weighted by Crippen LogP contribution is -2.38. The molecule has 0 bridgehead atoms. The average Bonchev–Trinajstić information content (AvgIpc) is 3.28. The number of para-hydroxylation sites is 1. The molecule has 1 aromatic heterocycles. The molecule has 0 radical (unpaired) electrons. The van der Waals surface area contributed by atoms with Gasteiger partial charge in [0.2, 0.25) is 0 Å². The van der Waals surface area contributed by atoms with Crippen LogP contribution in [0.2, 0.25) is 5.02 Å². The van der Waals surface area contributed by atoms with Gasteiger partial charge >= 0.3 is 6.03 Å². The van der Waals surface area contributed by atoms with Crippen molar-refractivity contribution in [2.45, 2.75) is 38.3 Å². The van der Waals surface area contributed by atoms with Crippen molar-refractivity contribution in [3.8, 4) is 5.69 Å². The van der Waals surface area contributed by atoms with Crippen molar-refractivity contribution in [3.63, 3.8) is 0 Å². The topological polar surface area (TPSA) is 37.3 Å². The van der Waals surface area contributed by atoms with Gasteiger partial charge in [0.25, 0.3) is 0 Å². The average molecular weight is 468 g/mol. The molecule has 1 atom stereocenters. The van der Waals surface area contributed by atoms with Gasteiger partial charge in [-0.1, -0.05) is 54.1 Å². The van der Waals surface area contributed by atoms with E-state index in [4.69, 9.17) is 11.6 Å². The van der Waals surface area contributed by atoms with E-state index in [0.717, 1.165) is 47.5 Å². The van der Waals surface area contributed by atoms with Crippen LogP contribution in [0.15, 0.2) is 85.1 Å². The Balaban J connectivity index is 1.46. The smallest absolute Gasteiger partial charge is 0.318 e. The standard InChI is InChI=1S/C29H26ClN3O/c30-23-12-5-11-21(18-23)28-27-16-7-17-32(27)26-15-4-2-9-22(26)19-33(28)29(34)31-25-14-6-10-20-8-1-3-13-24(20)25/h2,4-7,9-12,14-18,28H,1,3,8,13,19H2,(H,31,34)/t28-/m0/s1. The molecule has 0 spiro atoms. The summed E-state index contributed by atoms with van der Waals surface area (Å²) in [5.74, 6) is 0. The Hall–Kier alpha value is -3.50. The summed E-state index contributed by atoms with van der Waals surface area (Å²) in [5, 5.41) is 3.94. The van der Waals surface area contributed by atoms with Crippen molar-refractivity contribution in [3.05, 3.63) is 118 Å². The fraction of sp³-hybridized carbons (Fsp3) is 0.207. The number of nitrogens with zero attached hydrogens (tertiary/aromatic N) is 2. The summed E-state index contributed by atoms with van der Waals surface area (Å²) in [6.07, 6.45) is 6.53. The van der Waals surface area contributed by atoms with Crippen molar-refractivity contribution in [2.24, 2.45) is 0 Å². The first kappa shape index (κ1) is 21.1. The Kier molecular flexibility index (Phi) is 5.39. The van der Waals surface area contributed by atoms with E-state index in [9.17, 15) is 4.79 Å². The molecule has 1 aliphatic carbocycles. The molecular weight excluding hydrogens is 442 g/mol. The number of anilines is 1. The predicted octanol–water partition coefficient (Wildman–Crippen LogP) is 7.15. The van der Waals surface area contributed by atoms with Gasteiger partial charge in [-0.3, -0.25) is 0 Å². The van der Waals surface area contributed by atoms with E-state index in [1.54, 1.807) is 0 Å². The summed E-state index contributed by atoms with van der Waals surface area (Å²) in [6.45, 7) is 0.496. The van der Waals surface area contributed by atoms with Gasteiger partial charge in [0.05, 0.1) is 18.3 Å². The van der Waals surface area contributed by atoms with Crippen molar-refractivity contribution < 1.29 is 4.79 Å². The van der Waals surface area contributed by atoms with Gasteiger partial charge in [-0.05, 0) is 84.3 Å². The molecule has 0 saturated heterocycles. The maximum absolute atomic E-state index is 14.0. The largest absolute Gasteiger partial charge is 0.322 e. The van der Waals surface area contributed by atoms with E-state index in [0.29, 0.717) is 11.6 Å². The summed E-state index contributed by atoms with van der Waals surface area (Å²) < 4.78 is 2.19. The Morgan fingerprint density at radius 1 is 0.882 bits per heavy atom. The van der Waals surface area contributed by atoms with Gasteiger partial charge in [0.15, 0.2) is 0 Å². The van der Waals surface area contributed by atoms with Gasteiger partial charge in [-0.25, -0.2) is 4.79 Å². The van der Waals surface area contributed by atoms with Crippen LogP contribution in [0.1, 0.15) is 46.8 Å². The fourth-order valence-corrected chi connectivity index (χ4v) is 5.65. The number of benzene rings is 3. The molecule has 2 heterocycles. The van der Waals surface area contributed by atoms with Crippen LogP contribution in [0, 0.1) is 0 Å². The number of nitrogens with one attached hydrogen (secondary N) is 1. The molecule has 34 heavy (non-hydrogen) atoms. The Morgan fingerprint density at radius 2 is 1.71 bits per heavy atom. The highest BCUT2D eigenvalue weighted by Gasteiger charge is 2.33. The van der Waals surface area contributed by atoms with E-state index in [1.807, 2.05) is 47.4 Å². The van der Waals surface area contributed by atoms with Crippen molar-refractivity contribution >= 4 is 23.3 Å². The first-order chi connectivity index (χ1) is 16.7. The molecule has 170 valence electrons. The maximum Gasteiger partial charge on any atom is 0.322 e. The lowest BCUT2D eigenvalue weighted by atomic mass is 9.90. The van der Waals surface area contributed by atoms with E-state index in [2.05, 4.69) is 52.5 Å². The number of aromatic nitrogens is 1. The number of rotatable bonds is 2. The molecule has 6 rings (SSSR count). The van der Waals surface area contributed by atoms with Crippen molar-refractivity contribution in [1.29, 1.82) is 0 Å². The molecule has 5 heteroatoms. The van der Waals surface area contributed by atoms with E-state index in [-0.39, 0.29) is 12.1 Å². The molecule has 0 unspecified atom stereocenters. The van der Waals surface area contributed by atoms with Crippen LogP contribution in [-0.4, -0.2) is 15.5 Å². The molecule has 0 saturated carbocycles. The quantitative estimate of drug-likeness (QED) is 0.334. The van der Waals surface area contributed by atoms with Gasteiger partial charge in [-0.2, -0.15) is 0 Å². The third-order valence-corrected chi connectivity index (χ3v) is 7.26. The zero-order valence-corrected chi connectivity index (χ0v) is 19.6. The van der Waals surface area contributed by atoms with E-state index >= 15 is 0 Å². The summed E-state index contributed by atoms with van der Waals surface area (Å²) in [7, 11) is 0. The lowest BCUT2D eigenvalue weighted by molar-refractivity contribution is 0.194. The normalized spacial score (nSPS) is 16.7. The molecule has 3 aromatic carbocycles. The molecule has 4 aromatic rings. The van der Waals surface area contributed by atoms with Crippen molar-refractivity contribution in [2.75, 3.05) is 5.32 Å². The summed E-state index contributed by atoms with van der Waals surface area (Å²) in [4.78, 5) is 15.9. The Bertz CT molecular complexity index is 1380. The maximum atomic E-state index is 14.0. The number of carbonyl (C=O) groups is 1. The highest BCUT2D eigenvalue weighted by Crippen LogP contribution is 2.38. The van der Waals surface area contributed by atoms with Crippen molar-refractivity contribution in [1.82, 2.24) is 9.47 Å². The second-order valence-corrected chi connectivity index (χ2v) is 9.53. The number of fused-ring (bicyclic) bond motifs is 4. The van der Waals surface area contributed by atoms with Crippen LogP contribution in [0.25, 0.3) is 5.69 Å². The number of aryl methyl sites for hydroxylation is 1. The van der Waals surface area contributed by atoms with Crippen LogP contribution in [0.5, 0.6) is 0 Å². The van der Waals surface area contributed by atoms with Gasteiger partial charge < -0.3 is 14.8 Å². The Morgan fingerprint density at radius 3 is 2.62 bits per heavy atom. The zero-order chi connectivity index (χ0) is 23.1. The number of halogens is 1. The summed E-state index contributed by atoms with van der Waals surface area (Å²) in [5.41, 5.74) is 7.80. The third-order valence-electron chi connectivity index (χ3n) is 7.03. The fourth-order valence-electron chi connectivity index (χ4n) is 5.45. The second kappa shape index (κ2) is 8.69. The lowest BCUT2D eigenvalue weighted by Gasteiger charge is -2.31. The minimum atomic E-state index is -0.277. The van der Waals surface area contributed by atoms with Gasteiger partial charge in [0.1, 0.15) is 0 Å². The number of amides is 2. The van der Waals surface area contributed by atoms with Crippen LogP contribution in [0.3, 0.4) is 0 Å². The highest BCUT2D eigenvalue weighted by molar-refractivity contribution is 6.30. The van der Waals surface area contributed by atoms with Crippen LogP contribution >= 0.6 is 11.6 Å². The van der Waals surface area contributed by atoms with Crippen LogP contribution in [0.4, 0.5) is 10.5 Å². The summed E-state index contributed by atoms with van der Waals surface area (Å²) >= 11 is 6.41. The molecule has 2 aliphatic rings. The minimum Gasteiger partial charge on any atom is -0.318 e. The molecule has 0 fully saturated rings. The Labute approximate surface area is 204 Å². The first-order valence-corrected chi connectivity index (χ1v) is 12.3. The number of carbonyl (C=O) groups excluding carboxylic acids is 1. The SMILES string of the molecule is O=C(Nc1cccc2c1CCCC2)N1Cc2ccccc2-n2cccc2[C@@H]1c1cccc(Cl)c1. The zero-order valence-electron chi connectivity index (χ0n) is 18.9. The van der Waals surface area contributed by atoms with Crippen LogP contribution in [-0.2, 0) is 19.4 Å².